The highest BCUT2D eigenvalue weighted by atomic mass is 32.1. The summed E-state index contributed by atoms with van der Waals surface area (Å²) < 4.78 is 0. The van der Waals surface area contributed by atoms with Crippen molar-refractivity contribution < 1.29 is 10.2 Å². The zero-order valence-corrected chi connectivity index (χ0v) is 10.5. The molecule has 1 aromatic rings. The molecule has 1 rings (SSSR count). The summed E-state index contributed by atoms with van der Waals surface area (Å²) in [6.45, 7) is 3.14. The second kappa shape index (κ2) is 5.58. The molecule has 92 valence electrons. The topological polar surface area (TPSA) is 82.6 Å². The van der Waals surface area contributed by atoms with Crippen LogP contribution in [0.5, 0.6) is 0 Å². The summed E-state index contributed by atoms with van der Waals surface area (Å²) in [5, 5.41) is 18.9. The zero-order valence-electron chi connectivity index (χ0n) is 9.68. The fourth-order valence-corrected chi connectivity index (χ4v) is 2.28. The van der Waals surface area contributed by atoms with Gasteiger partial charge in [-0.05, 0) is 7.05 Å². The third-order valence-corrected chi connectivity index (χ3v) is 3.22. The van der Waals surface area contributed by atoms with Gasteiger partial charge in [0.25, 0.3) is 0 Å². The highest BCUT2D eigenvalue weighted by Crippen LogP contribution is 2.20. The van der Waals surface area contributed by atoms with Gasteiger partial charge in [0.15, 0.2) is 5.13 Å². The Morgan fingerprint density at radius 1 is 1.50 bits per heavy atom. The molecular formula is C10H19N3O2S. The Labute approximate surface area is 99.5 Å². The first-order valence-electron chi connectivity index (χ1n) is 5.09. The van der Waals surface area contributed by atoms with Gasteiger partial charge in [-0.3, -0.25) is 0 Å². The highest BCUT2D eigenvalue weighted by Gasteiger charge is 2.24. The zero-order chi connectivity index (χ0) is 12.2. The van der Waals surface area contributed by atoms with Crippen molar-refractivity contribution in [3.63, 3.8) is 0 Å². The Morgan fingerprint density at radius 3 is 2.56 bits per heavy atom. The van der Waals surface area contributed by atoms with Gasteiger partial charge in [0.1, 0.15) is 0 Å². The van der Waals surface area contributed by atoms with Crippen molar-refractivity contribution in [2.75, 3.05) is 32.5 Å². The minimum absolute atomic E-state index is 0.0291. The molecule has 5 nitrogen and oxygen atoms in total. The minimum Gasteiger partial charge on any atom is -0.396 e. The smallest absolute Gasteiger partial charge is 0.180 e. The van der Waals surface area contributed by atoms with Crippen molar-refractivity contribution in [1.29, 1.82) is 0 Å². The molecular weight excluding hydrogens is 226 g/mol. The molecule has 0 radical (unpaired) electrons. The monoisotopic (exact) mass is 245 g/mol. The molecule has 0 aromatic carbocycles. The van der Waals surface area contributed by atoms with Gasteiger partial charge in [0.05, 0.1) is 13.2 Å². The van der Waals surface area contributed by atoms with E-state index in [0.717, 1.165) is 11.4 Å². The summed E-state index contributed by atoms with van der Waals surface area (Å²) in [5.41, 5.74) is 5.08. The Kier molecular flexibility index (Phi) is 4.67. The standard InChI is InChI=1S/C10H19N3O2S/c1-10(6-14,7-15)5-13(2)4-8-3-12-9(11)16-8/h3,14-15H,4-7H2,1-2H3,(H2,11,12). The van der Waals surface area contributed by atoms with Gasteiger partial charge in [-0.25, -0.2) is 4.98 Å². The van der Waals surface area contributed by atoms with Gasteiger partial charge in [-0.15, -0.1) is 11.3 Å². The number of thiazole rings is 1. The van der Waals surface area contributed by atoms with Crippen LogP contribution in [0, 0.1) is 5.41 Å². The number of anilines is 1. The first-order chi connectivity index (χ1) is 7.49. The van der Waals surface area contributed by atoms with E-state index in [-0.39, 0.29) is 13.2 Å². The third kappa shape index (κ3) is 3.71. The molecule has 0 aliphatic rings. The minimum atomic E-state index is -0.467. The lowest BCUT2D eigenvalue weighted by atomic mass is 9.92. The van der Waals surface area contributed by atoms with Crippen LogP contribution in [0.2, 0.25) is 0 Å². The maximum atomic E-state index is 9.19. The van der Waals surface area contributed by atoms with E-state index >= 15 is 0 Å². The molecule has 0 spiro atoms. The maximum absolute atomic E-state index is 9.19. The molecule has 0 unspecified atom stereocenters. The number of aliphatic hydroxyl groups is 2. The average molecular weight is 245 g/mol. The lowest BCUT2D eigenvalue weighted by Gasteiger charge is -2.29. The molecule has 0 amide bonds. The van der Waals surface area contributed by atoms with Gasteiger partial charge in [-0.2, -0.15) is 0 Å². The predicted molar refractivity (Wildman–Crippen MR) is 65.1 cm³/mol. The van der Waals surface area contributed by atoms with Crippen LogP contribution < -0.4 is 5.73 Å². The van der Waals surface area contributed by atoms with Gasteiger partial charge in [0.2, 0.25) is 0 Å². The van der Waals surface area contributed by atoms with Gasteiger partial charge < -0.3 is 20.8 Å². The SMILES string of the molecule is CN(Cc1cnc(N)s1)CC(C)(CO)CO. The lowest BCUT2D eigenvalue weighted by molar-refractivity contribution is 0.0404. The van der Waals surface area contributed by atoms with E-state index < -0.39 is 5.41 Å². The molecule has 0 bridgehead atoms. The van der Waals surface area contributed by atoms with E-state index in [4.69, 9.17) is 5.73 Å². The summed E-state index contributed by atoms with van der Waals surface area (Å²) >= 11 is 1.46. The van der Waals surface area contributed by atoms with Gasteiger partial charge in [-0.1, -0.05) is 6.92 Å². The summed E-state index contributed by atoms with van der Waals surface area (Å²) in [6, 6.07) is 0. The molecule has 0 aliphatic carbocycles. The van der Waals surface area contributed by atoms with E-state index in [0.29, 0.717) is 11.7 Å². The molecule has 4 N–H and O–H groups in total. The van der Waals surface area contributed by atoms with Crippen LogP contribution in [0.4, 0.5) is 5.13 Å². The first-order valence-corrected chi connectivity index (χ1v) is 5.91. The number of aliphatic hydroxyl groups excluding tert-OH is 2. The van der Waals surface area contributed by atoms with Crippen molar-refractivity contribution in [3.8, 4) is 0 Å². The summed E-state index contributed by atoms with van der Waals surface area (Å²) in [6.07, 6.45) is 1.76. The van der Waals surface area contributed by atoms with Crippen LogP contribution in [0.15, 0.2) is 6.20 Å². The average Bonchev–Trinajstić information content (AvgIpc) is 2.63. The van der Waals surface area contributed by atoms with E-state index in [2.05, 4.69) is 4.98 Å². The number of nitrogens with two attached hydrogens (primary N) is 1. The number of nitrogens with zero attached hydrogens (tertiary/aromatic N) is 2. The number of hydrogen-bond donors (Lipinski definition) is 3. The number of aromatic nitrogens is 1. The number of nitrogen functional groups attached to an aromatic ring is 1. The largest absolute Gasteiger partial charge is 0.396 e. The van der Waals surface area contributed by atoms with Crippen molar-refractivity contribution in [2.45, 2.75) is 13.5 Å². The molecule has 6 heteroatoms. The molecule has 0 saturated heterocycles. The Balaban J connectivity index is 2.50. The second-order valence-electron chi connectivity index (χ2n) is 4.46. The van der Waals surface area contributed by atoms with Gasteiger partial charge >= 0.3 is 0 Å². The molecule has 0 saturated carbocycles. The molecule has 16 heavy (non-hydrogen) atoms. The van der Waals surface area contributed by atoms with Crippen molar-refractivity contribution in [3.05, 3.63) is 11.1 Å². The molecule has 0 aliphatic heterocycles. The summed E-state index contributed by atoms with van der Waals surface area (Å²) in [4.78, 5) is 7.10. The highest BCUT2D eigenvalue weighted by molar-refractivity contribution is 7.15. The summed E-state index contributed by atoms with van der Waals surface area (Å²) in [5.74, 6) is 0. The van der Waals surface area contributed by atoms with E-state index in [1.807, 2.05) is 18.9 Å². The van der Waals surface area contributed by atoms with Crippen LogP contribution in [-0.2, 0) is 6.54 Å². The third-order valence-electron chi connectivity index (χ3n) is 2.41. The number of hydrogen-bond acceptors (Lipinski definition) is 6. The fraction of sp³-hybridized carbons (Fsp3) is 0.700. The van der Waals surface area contributed by atoms with Crippen LogP contribution in [0.25, 0.3) is 0 Å². The quantitative estimate of drug-likeness (QED) is 0.664. The molecule has 1 heterocycles. The normalized spacial score (nSPS) is 12.3. The van der Waals surface area contributed by atoms with Crippen LogP contribution in [-0.4, -0.2) is 46.9 Å². The molecule has 1 aromatic heterocycles. The first kappa shape index (κ1) is 13.4. The fourth-order valence-electron chi connectivity index (χ4n) is 1.52. The van der Waals surface area contributed by atoms with Crippen LogP contribution in [0.3, 0.4) is 0 Å². The Bertz CT molecular complexity index is 326. The van der Waals surface area contributed by atoms with E-state index in [1.165, 1.54) is 11.3 Å². The van der Waals surface area contributed by atoms with Crippen LogP contribution >= 0.6 is 11.3 Å². The molecule has 0 fully saturated rings. The lowest BCUT2D eigenvalue weighted by Crippen LogP contribution is -2.38. The maximum Gasteiger partial charge on any atom is 0.180 e. The second-order valence-corrected chi connectivity index (χ2v) is 5.61. The summed E-state index contributed by atoms with van der Waals surface area (Å²) in [7, 11) is 1.94. The van der Waals surface area contributed by atoms with Crippen molar-refractivity contribution in [1.82, 2.24) is 9.88 Å². The number of rotatable bonds is 6. The predicted octanol–water partition coefficient (Wildman–Crippen LogP) is 0.148. The molecule has 0 atom stereocenters. The van der Waals surface area contributed by atoms with Crippen LogP contribution in [0.1, 0.15) is 11.8 Å². The van der Waals surface area contributed by atoms with Gasteiger partial charge in [0, 0.05) is 29.6 Å². The van der Waals surface area contributed by atoms with E-state index in [1.54, 1.807) is 6.20 Å². The Morgan fingerprint density at radius 2 is 2.12 bits per heavy atom. The van der Waals surface area contributed by atoms with E-state index in [9.17, 15) is 10.2 Å². The van der Waals surface area contributed by atoms with Crippen molar-refractivity contribution >= 4 is 16.5 Å². The van der Waals surface area contributed by atoms with Crippen molar-refractivity contribution in [2.24, 2.45) is 5.41 Å². The Hall–Kier alpha value is -0.690.